The molecule has 0 saturated carbocycles. The van der Waals surface area contributed by atoms with Crippen LogP contribution >= 0.6 is 0 Å². The van der Waals surface area contributed by atoms with Gasteiger partial charge in [-0.1, -0.05) is 179 Å². The molecule has 0 aliphatic rings. The average Bonchev–Trinajstić information content (AvgIpc) is 3.24. The standard InChI is InChI=1S/C55H100O6.Y/c1-5-8-11-33-42-51(57)43-34-27-21-15-18-24-30-39-48-54(58)61-53(45-36-13-10-7-3)47-38-29-23-17-19-25-31-40-49-55(59)60-52(44-35-12-9-6-2)46-37-28-22-16-14-20-26-32-41-50(4)56;/h27-29,34,37-38,51-53,57H,5-26,30-33,35-36,39-49H2,1-4H3;/b34-27-,37-28-,38-29-;. The van der Waals surface area contributed by atoms with Crippen LogP contribution in [0.15, 0.2) is 36.5 Å². The molecule has 0 aromatic carbocycles. The van der Waals surface area contributed by atoms with Crippen LogP contribution in [0.1, 0.15) is 278 Å². The first-order chi connectivity index (χ1) is 29.8. The van der Waals surface area contributed by atoms with Crippen LogP contribution in [0.5, 0.6) is 0 Å². The maximum atomic E-state index is 12.7. The summed E-state index contributed by atoms with van der Waals surface area (Å²) in [7, 11) is 0. The number of ether oxygens (including phenoxy) is 2. The number of Topliss-reactive ketones (excluding diaryl/α,β-unsaturated/α-hetero) is 1. The van der Waals surface area contributed by atoms with Gasteiger partial charge in [0.1, 0.15) is 18.0 Å². The Morgan fingerprint density at radius 1 is 0.403 bits per heavy atom. The topological polar surface area (TPSA) is 89.9 Å². The maximum absolute atomic E-state index is 12.7. The molecule has 1 radical (unpaired) electrons. The second-order valence-corrected chi connectivity index (χ2v) is 18.2. The van der Waals surface area contributed by atoms with Gasteiger partial charge in [0.15, 0.2) is 0 Å². The number of carbonyl (C=O) groups excluding carboxylic acids is 3. The number of esters is 2. The molecule has 0 bridgehead atoms. The Morgan fingerprint density at radius 2 is 0.726 bits per heavy atom. The number of unbranched alkanes of at least 4 members (excludes halogenated alkanes) is 24. The van der Waals surface area contributed by atoms with Crippen molar-refractivity contribution >= 4 is 17.7 Å². The molecular formula is C55H100O6Y. The van der Waals surface area contributed by atoms with Crippen molar-refractivity contribution < 1.29 is 61.7 Å². The van der Waals surface area contributed by atoms with Crippen molar-refractivity contribution in [3.05, 3.63) is 36.5 Å². The number of rotatable bonds is 47. The zero-order valence-electron chi connectivity index (χ0n) is 41.3. The summed E-state index contributed by atoms with van der Waals surface area (Å²) in [6, 6.07) is 0. The van der Waals surface area contributed by atoms with Crippen LogP contribution in [-0.4, -0.2) is 41.1 Å². The number of hydrogen-bond donors (Lipinski definition) is 1. The van der Waals surface area contributed by atoms with Gasteiger partial charge in [0.05, 0.1) is 6.10 Å². The number of aliphatic hydroxyl groups excluding tert-OH is 1. The molecule has 0 spiro atoms. The Balaban J connectivity index is 0. The second-order valence-electron chi connectivity index (χ2n) is 18.2. The van der Waals surface area contributed by atoms with E-state index in [0.29, 0.717) is 25.0 Å². The van der Waals surface area contributed by atoms with Gasteiger partial charge in [0.2, 0.25) is 0 Å². The maximum Gasteiger partial charge on any atom is 0.306 e. The molecule has 0 saturated heterocycles. The van der Waals surface area contributed by atoms with E-state index in [1.807, 2.05) is 0 Å². The molecule has 1 N–H and O–H groups in total. The van der Waals surface area contributed by atoms with E-state index in [-0.39, 0.29) is 63.0 Å². The van der Waals surface area contributed by atoms with E-state index in [0.717, 1.165) is 141 Å². The molecule has 359 valence electrons. The molecule has 6 nitrogen and oxygen atoms in total. The Labute approximate surface area is 409 Å². The quantitative estimate of drug-likeness (QED) is 0.0371. The first-order valence-electron chi connectivity index (χ1n) is 26.3. The van der Waals surface area contributed by atoms with Gasteiger partial charge in [-0.25, -0.2) is 0 Å². The van der Waals surface area contributed by atoms with Crippen LogP contribution in [0.2, 0.25) is 0 Å². The molecule has 0 aliphatic carbocycles. The third-order valence-electron chi connectivity index (χ3n) is 11.9. The van der Waals surface area contributed by atoms with Gasteiger partial charge in [-0.05, 0) is 103 Å². The van der Waals surface area contributed by atoms with Crippen LogP contribution in [0.4, 0.5) is 0 Å². The summed E-state index contributed by atoms with van der Waals surface area (Å²) < 4.78 is 12.0. The molecule has 0 rings (SSSR count). The zero-order valence-corrected chi connectivity index (χ0v) is 44.2. The number of ketones is 1. The average molecular weight is 946 g/mol. The summed E-state index contributed by atoms with van der Waals surface area (Å²) in [6.07, 6.45) is 54.3. The van der Waals surface area contributed by atoms with E-state index in [1.54, 1.807) is 6.92 Å². The van der Waals surface area contributed by atoms with Gasteiger partial charge in [-0.15, -0.1) is 0 Å². The van der Waals surface area contributed by atoms with Crippen LogP contribution in [0.25, 0.3) is 0 Å². The summed E-state index contributed by atoms with van der Waals surface area (Å²) in [4.78, 5) is 36.5. The third-order valence-corrected chi connectivity index (χ3v) is 11.9. The van der Waals surface area contributed by atoms with Crippen molar-refractivity contribution in [2.24, 2.45) is 0 Å². The van der Waals surface area contributed by atoms with E-state index in [1.165, 1.54) is 89.9 Å². The van der Waals surface area contributed by atoms with Crippen molar-refractivity contribution in [2.45, 2.75) is 296 Å². The summed E-state index contributed by atoms with van der Waals surface area (Å²) in [6.45, 7) is 8.35. The van der Waals surface area contributed by atoms with Crippen LogP contribution in [0, 0.1) is 0 Å². The number of hydrogen-bond acceptors (Lipinski definition) is 6. The Hall–Kier alpha value is -1.11. The number of carbonyl (C=O) groups is 3. The Kier molecular flexibility index (Phi) is 51.7. The summed E-state index contributed by atoms with van der Waals surface area (Å²) in [5.74, 6) is 0.220. The normalized spacial score (nSPS) is 13.2. The molecule has 0 aromatic heterocycles. The first kappa shape index (κ1) is 63.0. The van der Waals surface area contributed by atoms with Crippen LogP contribution in [0.3, 0.4) is 0 Å². The molecule has 3 atom stereocenters. The molecule has 7 heteroatoms. The minimum atomic E-state index is -0.191. The van der Waals surface area contributed by atoms with Crippen LogP contribution < -0.4 is 0 Å². The molecule has 0 fully saturated rings. The van der Waals surface area contributed by atoms with E-state index < -0.39 is 0 Å². The fraction of sp³-hybridized carbons (Fsp3) is 0.836. The van der Waals surface area contributed by atoms with Gasteiger partial charge in [0, 0.05) is 64.8 Å². The summed E-state index contributed by atoms with van der Waals surface area (Å²) >= 11 is 0. The second kappa shape index (κ2) is 50.9. The smallest absolute Gasteiger partial charge is 0.306 e. The molecular weight excluding hydrogens is 846 g/mol. The number of aliphatic hydroxyl groups is 1. The number of allylic oxidation sites excluding steroid dienone is 3. The molecule has 3 unspecified atom stereocenters. The van der Waals surface area contributed by atoms with Crippen molar-refractivity contribution in [3.8, 4) is 0 Å². The fourth-order valence-electron chi connectivity index (χ4n) is 7.85. The molecule has 0 aromatic rings. The van der Waals surface area contributed by atoms with Crippen molar-refractivity contribution in [3.63, 3.8) is 0 Å². The molecule has 0 heterocycles. The van der Waals surface area contributed by atoms with E-state index in [2.05, 4.69) is 57.2 Å². The van der Waals surface area contributed by atoms with E-state index >= 15 is 0 Å². The summed E-state index contributed by atoms with van der Waals surface area (Å²) in [5, 5.41) is 10.1. The SMILES string of the molecule is CCCCCCC(O)C/C=C\CCCCCCCC(=O)OC(C/C=C\CCCCCCCC(=O)OC(C/C=C\CCCCCCCC(C)=O)CCCCCC)CCCCCC.[Y]. The Morgan fingerprint density at radius 3 is 1.11 bits per heavy atom. The molecule has 0 amide bonds. The van der Waals surface area contributed by atoms with Gasteiger partial charge < -0.3 is 19.4 Å². The predicted octanol–water partition coefficient (Wildman–Crippen LogP) is 16.7. The summed E-state index contributed by atoms with van der Waals surface area (Å²) in [5.41, 5.74) is 0. The third kappa shape index (κ3) is 48.4. The van der Waals surface area contributed by atoms with Gasteiger partial charge >= 0.3 is 11.9 Å². The minimum Gasteiger partial charge on any atom is -0.462 e. The van der Waals surface area contributed by atoms with E-state index in [9.17, 15) is 19.5 Å². The first-order valence-corrected chi connectivity index (χ1v) is 26.3. The minimum absolute atomic E-state index is 0. The van der Waals surface area contributed by atoms with Crippen molar-refractivity contribution in [1.29, 1.82) is 0 Å². The van der Waals surface area contributed by atoms with Crippen molar-refractivity contribution in [1.82, 2.24) is 0 Å². The Bertz CT molecular complexity index is 1070. The van der Waals surface area contributed by atoms with Gasteiger partial charge in [-0.3, -0.25) is 9.59 Å². The monoisotopic (exact) mass is 946 g/mol. The fourth-order valence-corrected chi connectivity index (χ4v) is 7.85. The zero-order chi connectivity index (χ0) is 44.7. The molecule has 0 aliphatic heterocycles. The largest absolute Gasteiger partial charge is 0.462 e. The van der Waals surface area contributed by atoms with Crippen LogP contribution in [-0.2, 0) is 56.6 Å². The van der Waals surface area contributed by atoms with Gasteiger partial charge in [0.25, 0.3) is 0 Å². The van der Waals surface area contributed by atoms with Crippen molar-refractivity contribution in [2.75, 3.05) is 0 Å². The van der Waals surface area contributed by atoms with E-state index in [4.69, 9.17) is 9.47 Å². The molecule has 62 heavy (non-hydrogen) atoms. The van der Waals surface area contributed by atoms with Gasteiger partial charge in [-0.2, -0.15) is 0 Å². The predicted molar refractivity (Wildman–Crippen MR) is 261 cm³/mol.